The van der Waals surface area contributed by atoms with E-state index in [1.165, 1.54) is 4.90 Å². The maximum Gasteiger partial charge on any atom is 0.410 e. The molecule has 1 heterocycles. The molecule has 7 heteroatoms. The first-order valence-electron chi connectivity index (χ1n) is 7.49. The molecular formula is C16H22Cl2N2O3. The fraction of sp³-hybridized carbons (Fsp3) is 0.562. The van der Waals surface area contributed by atoms with E-state index in [9.17, 15) is 9.90 Å². The number of hydrogen-bond acceptors (Lipinski definition) is 4. The minimum Gasteiger partial charge on any atom is -0.444 e. The molecule has 5 nitrogen and oxygen atoms in total. The molecule has 0 radical (unpaired) electrons. The van der Waals surface area contributed by atoms with E-state index in [2.05, 4.69) is 5.32 Å². The van der Waals surface area contributed by atoms with Crippen molar-refractivity contribution in [1.82, 2.24) is 10.2 Å². The molecule has 0 bridgehead atoms. The second-order valence-corrected chi connectivity index (χ2v) is 7.52. The Morgan fingerprint density at radius 3 is 2.70 bits per heavy atom. The Balaban J connectivity index is 1.90. The largest absolute Gasteiger partial charge is 0.444 e. The zero-order valence-electron chi connectivity index (χ0n) is 13.5. The summed E-state index contributed by atoms with van der Waals surface area (Å²) in [5.41, 5.74) is 0.337. The normalized spacial score (nSPS) is 21.6. The summed E-state index contributed by atoms with van der Waals surface area (Å²) in [6, 6.07) is 5.06. The van der Waals surface area contributed by atoms with E-state index in [1.807, 2.05) is 26.8 Å². The minimum absolute atomic E-state index is 0.228. The van der Waals surface area contributed by atoms with Gasteiger partial charge in [-0.2, -0.15) is 0 Å². The van der Waals surface area contributed by atoms with Crippen molar-refractivity contribution in [3.05, 3.63) is 33.8 Å². The van der Waals surface area contributed by atoms with Crippen LogP contribution in [-0.4, -0.2) is 46.9 Å². The molecule has 1 saturated heterocycles. The van der Waals surface area contributed by atoms with Crippen molar-refractivity contribution in [3.63, 3.8) is 0 Å². The van der Waals surface area contributed by atoms with Crippen molar-refractivity contribution in [3.8, 4) is 0 Å². The molecule has 0 aliphatic carbocycles. The number of aliphatic hydroxyl groups is 1. The van der Waals surface area contributed by atoms with Gasteiger partial charge in [0.15, 0.2) is 0 Å². The molecule has 1 fully saturated rings. The maximum atomic E-state index is 12.0. The highest BCUT2D eigenvalue weighted by atomic mass is 35.5. The summed E-state index contributed by atoms with van der Waals surface area (Å²) in [6.45, 7) is 6.57. The second kappa shape index (κ2) is 7.26. The average Bonchev–Trinajstić information content (AvgIpc) is 2.77. The van der Waals surface area contributed by atoms with E-state index in [0.717, 1.165) is 5.56 Å². The molecule has 2 N–H and O–H groups in total. The predicted molar refractivity (Wildman–Crippen MR) is 90.9 cm³/mol. The zero-order valence-corrected chi connectivity index (χ0v) is 15.0. The number of β-amino-alcohol motifs (C(OH)–C–C–N with tert-alkyl or cyclic N) is 1. The summed E-state index contributed by atoms with van der Waals surface area (Å²) in [7, 11) is 0. The summed E-state index contributed by atoms with van der Waals surface area (Å²) in [5, 5.41) is 14.5. The maximum absolute atomic E-state index is 12.0. The molecule has 2 atom stereocenters. The van der Waals surface area contributed by atoms with Crippen LogP contribution in [0, 0.1) is 0 Å². The van der Waals surface area contributed by atoms with Gasteiger partial charge in [-0.25, -0.2) is 4.79 Å². The third kappa shape index (κ3) is 5.24. The van der Waals surface area contributed by atoms with E-state index in [-0.39, 0.29) is 12.6 Å². The van der Waals surface area contributed by atoms with Gasteiger partial charge < -0.3 is 20.1 Å². The number of likely N-dealkylation sites (tertiary alicyclic amines) is 1. The fourth-order valence-electron chi connectivity index (χ4n) is 2.37. The molecule has 2 rings (SSSR count). The van der Waals surface area contributed by atoms with Crippen LogP contribution in [0.5, 0.6) is 0 Å². The number of nitrogens with one attached hydrogen (secondary N) is 1. The van der Waals surface area contributed by atoms with Crippen LogP contribution >= 0.6 is 23.2 Å². The first-order valence-corrected chi connectivity index (χ1v) is 8.24. The lowest BCUT2D eigenvalue weighted by molar-refractivity contribution is 0.0270. The molecule has 0 aromatic heterocycles. The Bertz CT molecular complexity index is 575. The summed E-state index contributed by atoms with van der Waals surface area (Å²) in [6.07, 6.45) is -1.06. The summed E-state index contributed by atoms with van der Waals surface area (Å²) >= 11 is 12.0. The van der Waals surface area contributed by atoms with Crippen LogP contribution < -0.4 is 5.32 Å². The molecule has 0 saturated carbocycles. The van der Waals surface area contributed by atoms with Crippen molar-refractivity contribution >= 4 is 29.3 Å². The van der Waals surface area contributed by atoms with Gasteiger partial charge in [0.2, 0.25) is 0 Å². The summed E-state index contributed by atoms with van der Waals surface area (Å²) in [5.74, 6) is 0. The van der Waals surface area contributed by atoms with Crippen molar-refractivity contribution in [1.29, 1.82) is 0 Å². The Labute approximate surface area is 146 Å². The van der Waals surface area contributed by atoms with Gasteiger partial charge in [-0.3, -0.25) is 0 Å². The summed E-state index contributed by atoms with van der Waals surface area (Å²) in [4.78, 5) is 13.6. The van der Waals surface area contributed by atoms with Crippen LogP contribution in [0.4, 0.5) is 4.79 Å². The quantitative estimate of drug-likeness (QED) is 0.869. The molecule has 1 aliphatic rings. The van der Waals surface area contributed by atoms with Crippen LogP contribution in [-0.2, 0) is 11.3 Å². The first-order chi connectivity index (χ1) is 10.7. The number of benzene rings is 1. The lowest BCUT2D eigenvalue weighted by Gasteiger charge is -2.24. The Morgan fingerprint density at radius 2 is 2.09 bits per heavy atom. The molecule has 23 heavy (non-hydrogen) atoms. The number of amides is 1. The van der Waals surface area contributed by atoms with E-state index < -0.39 is 17.8 Å². The predicted octanol–water partition coefficient (Wildman–Crippen LogP) is 3.06. The summed E-state index contributed by atoms with van der Waals surface area (Å²) < 4.78 is 5.33. The lowest BCUT2D eigenvalue weighted by Crippen LogP contribution is -2.39. The van der Waals surface area contributed by atoms with Crippen LogP contribution in [0.2, 0.25) is 10.0 Å². The topological polar surface area (TPSA) is 61.8 Å². The monoisotopic (exact) mass is 360 g/mol. The van der Waals surface area contributed by atoms with E-state index >= 15 is 0 Å². The number of aliphatic hydroxyl groups excluding tert-OH is 1. The van der Waals surface area contributed by atoms with Gasteiger partial charge in [0.25, 0.3) is 0 Å². The molecule has 1 aromatic rings. The van der Waals surface area contributed by atoms with Crippen LogP contribution in [0.1, 0.15) is 26.3 Å². The smallest absolute Gasteiger partial charge is 0.410 e. The highest BCUT2D eigenvalue weighted by molar-refractivity contribution is 6.35. The first kappa shape index (κ1) is 18.3. The van der Waals surface area contributed by atoms with E-state index in [0.29, 0.717) is 23.1 Å². The minimum atomic E-state index is -0.645. The molecule has 0 unspecified atom stereocenters. The number of halogens is 2. The Morgan fingerprint density at radius 1 is 1.39 bits per heavy atom. The SMILES string of the molecule is CC(C)(C)OC(=O)N1C[C@H](O)[C@H](NCc2ccc(Cl)cc2Cl)C1. The molecule has 1 amide bonds. The van der Waals surface area contributed by atoms with E-state index in [1.54, 1.807) is 12.1 Å². The van der Waals surface area contributed by atoms with Crippen molar-refractivity contribution < 1.29 is 14.6 Å². The third-order valence-corrected chi connectivity index (χ3v) is 4.10. The standard InChI is InChI=1S/C16H22Cl2N2O3/c1-16(2,3)23-15(22)20-8-13(14(21)9-20)19-7-10-4-5-11(17)6-12(10)18/h4-6,13-14,19,21H,7-9H2,1-3H3/t13-,14+/m1/s1. The van der Waals surface area contributed by atoms with E-state index in [4.69, 9.17) is 27.9 Å². The Kier molecular flexibility index (Phi) is 5.79. The van der Waals surface area contributed by atoms with Gasteiger partial charge in [0.05, 0.1) is 18.7 Å². The Hall–Kier alpha value is -1.01. The molecule has 128 valence electrons. The third-order valence-electron chi connectivity index (χ3n) is 3.51. The number of nitrogens with zero attached hydrogens (tertiary/aromatic N) is 1. The fourth-order valence-corrected chi connectivity index (χ4v) is 2.84. The van der Waals surface area contributed by atoms with Gasteiger partial charge in [-0.05, 0) is 38.5 Å². The number of hydrogen-bond donors (Lipinski definition) is 2. The van der Waals surface area contributed by atoms with Gasteiger partial charge in [0.1, 0.15) is 5.60 Å². The number of carbonyl (C=O) groups is 1. The molecule has 1 aromatic carbocycles. The van der Waals surface area contributed by atoms with Crippen molar-refractivity contribution in [2.45, 2.75) is 45.1 Å². The molecule has 1 aliphatic heterocycles. The van der Waals surface area contributed by atoms with Crippen molar-refractivity contribution in [2.24, 2.45) is 0 Å². The molecule has 0 spiro atoms. The highest BCUT2D eigenvalue weighted by Crippen LogP contribution is 2.22. The zero-order chi connectivity index (χ0) is 17.2. The number of rotatable bonds is 3. The highest BCUT2D eigenvalue weighted by Gasteiger charge is 2.35. The number of carbonyl (C=O) groups excluding carboxylic acids is 1. The van der Waals surface area contributed by atoms with Crippen LogP contribution in [0.25, 0.3) is 0 Å². The van der Waals surface area contributed by atoms with Gasteiger partial charge >= 0.3 is 6.09 Å². The molecular weight excluding hydrogens is 339 g/mol. The average molecular weight is 361 g/mol. The van der Waals surface area contributed by atoms with Crippen LogP contribution in [0.3, 0.4) is 0 Å². The van der Waals surface area contributed by atoms with Crippen molar-refractivity contribution in [2.75, 3.05) is 13.1 Å². The lowest BCUT2D eigenvalue weighted by atomic mass is 10.2. The van der Waals surface area contributed by atoms with Crippen LogP contribution in [0.15, 0.2) is 18.2 Å². The second-order valence-electron chi connectivity index (χ2n) is 6.68. The van der Waals surface area contributed by atoms with Gasteiger partial charge in [-0.15, -0.1) is 0 Å². The van der Waals surface area contributed by atoms with Gasteiger partial charge in [0, 0.05) is 23.1 Å². The number of ether oxygens (including phenoxy) is 1. The van der Waals surface area contributed by atoms with Gasteiger partial charge in [-0.1, -0.05) is 29.3 Å².